The van der Waals surface area contributed by atoms with Crippen molar-refractivity contribution in [2.75, 3.05) is 0 Å². The van der Waals surface area contributed by atoms with E-state index in [1.165, 1.54) is 0 Å². The molecule has 1 aromatic heterocycles. The van der Waals surface area contributed by atoms with E-state index in [0.29, 0.717) is 35.9 Å². The molecule has 2 aromatic rings. The third kappa shape index (κ3) is 5.02. The molecular weight excluding hydrogens is 370 g/mol. The molecule has 0 saturated heterocycles. The zero-order valence-electron chi connectivity index (χ0n) is 17.3. The summed E-state index contributed by atoms with van der Waals surface area (Å²) in [5, 5.41) is 12.6. The van der Waals surface area contributed by atoms with Crippen LogP contribution in [0.3, 0.4) is 0 Å². The first-order valence-corrected chi connectivity index (χ1v) is 10.2. The van der Waals surface area contributed by atoms with Crippen LogP contribution in [0.2, 0.25) is 0 Å². The zero-order chi connectivity index (χ0) is 21.2. The molecule has 0 saturated carbocycles. The van der Waals surface area contributed by atoms with Gasteiger partial charge in [0.25, 0.3) is 11.5 Å². The Balaban J connectivity index is 1.86. The molecule has 2 N–H and O–H groups in total. The standard InChI is InChI=1S/C22H29N3O4/c1-22(2,3)11-10-16(21(28)29)24-19(26)14-8-9-15-17(13-14)23-18-7-5-4-6-12-25(18)20(15)27/h8-9,13,16H,4-7,10-12H2,1-3H3,(H,24,26)(H,28,29). The third-order valence-corrected chi connectivity index (χ3v) is 5.37. The van der Waals surface area contributed by atoms with Gasteiger partial charge in [-0.05, 0) is 49.3 Å². The first kappa shape index (κ1) is 21.0. The summed E-state index contributed by atoms with van der Waals surface area (Å²) in [6.07, 6.45) is 4.79. The summed E-state index contributed by atoms with van der Waals surface area (Å²) in [7, 11) is 0. The molecule has 7 heteroatoms. The number of benzene rings is 1. The maximum Gasteiger partial charge on any atom is 0.326 e. The fourth-order valence-electron chi connectivity index (χ4n) is 3.64. The predicted molar refractivity (Wildman–Crippen MR) is 111 cm³/mol. The molecular formula is C22H29N3O4. The van der Waals surface area contributed by atoms with Gasteiger partial charge >= 0.3 is 5.97 Å². The summed E-state index contributed by atoms with van der Waals surface area (Å²) in [6.45, 7) is 6.77. The van der Waals surface area contributed by atoms with E-state index in [4.69, 9.17) is 0 Å². The lowest BCUT2D eigenvalue weighted by Crippen LogP contribution is -2.41. The van der Waals surface area contributed by atoms with Crippen molar-refractivity contribution in [3.8, 4) is 0 Å². The lowest BCUT2D eigenvalue weighted by Gasteiger charge is -2.21. The van der Waals surface area contributed by atoms with Crippen LogP contribution in [0.5, 0.6) is 0 Å². The quantitative estimate of drug-likeness (QED) is 0.804. The van der Waals surface area contributed by atoms with Gasteiger partial charge in [0.2, 0.25) is 0 Å². The second-order valence-electron chi connectivity index (χ2n) is 8.99. The van der Waals surface area contributed by atoms with Gasteiger partial charge in [-0.2, -0.15) is 0 Å². The summed E-state index contributed by atoms with van der Waals surface area (Å²) in [6, 6.07) is 3.80. The van der Waals surface area contributed by atoms with Crippen molar-refractivity contribution in [1.29, 1.82) is 0 Å². The monoisotopic (exact) mass is 399 g/mol. The van der Waals surface area contributed by atoms with Crippen molar-refractivity contribution in [3.05, 3.63) is 39.9 Å². The lowest BCUT2D eigenvalue weighted by molar-refractivity contribution is -0.139. The van der Waals surface area contributed by atoms with E-state index in [0.717, 1.165) is 31.5 Å². The smallest absolute Gasteiger partial charge is 0.326 e. The summed E-state index contributed by atoms with van der Waals surface area (Å²) >= 11 is 0. The van der Waals surface area contributed by atoms with Crippen molar-refractivity contribution in [1.82, 2.24) is 14.9 Å². The van der Waals surface area contributed by atoms with Crippen LogP contribution < -0.4 is 10.9 Å². The van der Waals surface area contributed by atoms with Crippen LogP contribution in [0.1, 0.15) is 69.1 Å². The average molecular weight is 399 g/mol. The number of hydrogen-bond donors (Lipinski definition) is 2. The number of aryl methyl sites for hydroxylation is 1. The molecule has 1 aromatic carbocycles. The van der Waals surface area contributed by atoms with Crippen LogP contribution in [0.25, 0.3) is 10.9 Å². The maximum absolute atomic E-state index is 12.8. The van der Waals surface area contributed by atoms with Crippen LogP contribution in [0.4, 0.5) is 0 Å². The first-order chi connectivity index (χ1) is 13.7. The zero-order valence-corrected chi connectivity index (χ0v) is 17.3. The highest BCUT2D eigenvalue weighted by molar-refractivity contribution is 5.99. The van der Waals surface area contributed by atoms with E-state index < -0.39 is 17.9 Å². The number of carboxylic acid groups (broad SMARTS) is 1. The van der Waals surface area contributed by atoms with Gasteiger partial charge in [-0.1, -0.05) is 27.2 Å². The Morgan fingerprint density at radius 1 is 1.24 bits per heavy atom. The normalized spacial score (nSPS) is 15.4. The number of hydrogen-bond acceptors (Lipinski definition) is 4. The van der Waals surface area contributed by atoms with Crippen LogP contribution in [-0.2, 0) is 17.8 Å². The fourth-order valence-corrected chi connectivity index (χ4v) is 3.64. The van der Waals surface area contributed by atoms with Gasteiger partial charge < -0.3 is 10.4 Å². The lowest BCUT2D eigenvalue weighted by atomic mass is 9.88. The van der Waals surface area contributed by atoms with Crippen molar-refractivity contribution >= 4 is 22.8 Å². The van der Waals surface area contributed by atoms with Gasteiger partial charge in [0.05, 0.1) is 10.9 Å². The van der Waals surface area contributed by atoms with Crippen molar-refractivity contribution in [3.63, 3.8) is 0 Å². The van der Waals surface area contributed by atoms with Gasteiger partial charge in [-0.25, -0.2) is 9.78 Å². The van der Waals surface area contributed by atoms with E-state index in [1.54, 1.807) is 22.8 Å². The minimum absolute atomic E-state index is 0.0225. The Morgan fingerprint density at radius 3 is 2.69 bits per heavy atom. The molecule has 1 unspecified atom stereocenters. The minimum Gasteiger partial charge on any atom is -0.480 e. The molecule has 7 nitrogen and oxygen atoms in total. The first-order valence-electron chi connectivity index (χ1n) is 10.2. The Kier molecular flexibility index (Phi) is 6.05. The van der Waals surface area contributed by atoms with Crippen LogP contribution in [0, 0.1) is 5.41 Å². The number of aromatic nitrogens is 2. The predicted octanol–water partition coefficient (Wildman–Crippen LogP) is 3.13. The summed E-state index contributed by atoms with van der Waals surface area (Å²) in [5.74, 6) is -0.763. The van der Waals surface area contributed by atoms with Crippen LogP contribution in [0.15, 0.2) is 23.0 Å². The second kappa shape index (κ2) is 8.35. The molecule has 1 aliphatic rings. The van der Waals surface area contributed by atoms with Gasteiger partial charge in [0.15, 0.2) is 0 Å². The molecule has 0 bridgehead atoms. The fraction of sp³-hybridized carbons (Fsp3) is 0.545. The van der Waals surface area contributed by atoms with Gasteiger partial charge in [-0.15, -0.1) is 0 Å². The summed E-state index contributed by atoms with van der Waals surface area (Å²) in [5.41, 5.74) is 0.695. The van der Waals surface area contributed by atoms with Crippen molar-refractivity contribution < 1.29 is 14.7 Å². The molecule has 1 aliphatic heterocycles. The molecule has 0 spiro atoms. The number of nitrogens with zero attached hydrogens (tertiary/aromatic N) is 2. The molecule has 1 atom stereocenters. The highest BCUT2D eigenvalue weighted by atomic mass is 16.4. The third-order valence-electron chi connectivity index (χ3n) is 5.37. The number of aliphatic carboxylic acids is 1. The van der Waals surface area contributed by atoms with E-state index in [-0.39, 0.29) is 11.0 Å². The minimum atomic E-state index is -1.05. The Labute approximate surface area is 170 Å². The number of carboxylic acids is 1. The van der Waals surface area contributed by atoms with Gasteiger partial charge in [0, 0.05) is 18.5 Å². The van der Waals surface area contributed by atoms with E-state index in [9.17, 15) is 19.5 Å². The Bertz CT molecular complexity index is 988. The van der Waals surface area contributed by atoms with Gasteiger partial charge in [-0.3, -0.25) is 14.2 Å². The van der Waals surface area contributed by atoms with Crippen LogP contribution in [-0.4, -0.2) is 32.6 Å². The number of rotatable bonds is 5. The number of carbonyl (C=O) groups is 2. The van der Waals surface area contributed by atoms with E-state index in [1.807, 2.05) is 20.8 Å². The number of nitrogens with one attached hydrogen (secondary N) is 1. The highest BCUT2D eigenvalue weighted by Gasteiger charge is 2.24. The molecule has 2 heterocycles. The molecule has 156 valence electrons. The highest BCUT2D eigenvalue weighted by Crippen LogP contribution is 2.22. The summed E-state index contributed by atoms with van der Waals surface area (Å²) in [4.78, 5) is 41.7. The molecule has 29 heavy (non-hydrogen) atoms. The number of carbonyl (C=O) groups excluding carboxylic acids is 1. The molecule has 0 radical (unpaired) electrons. The largest absolute Gasteiger partial charge is 0.480 e. The maximum atomic E-state index is 12.8. The van der Waals surface area contributed by atoms with Gasteiger partial charge in [0.1, 0.15) is 11.9 Å². The van der Waals surface area contributed by atoms with Crippen molar-refractivity contribution in [2.45, 2.75) is 71.9 Å². The van der Waals surface area contributed by atoms with E-state index in [2.05, 4.69) is 10.3 Å². The number of amides is 1. The van der Waals surface area contributed by atoms with E-state index >= 15 is 0 Å². The van der Waals surface area contributed by atoms with Crippen LogP contribution >= 0.6 is 0 Å². The topological polar surface area (TPSA) is 101 Å². The molecule has 0 fully saturated rings. The average Bonchev–Trinajstić information content (AvgIpc) is 2.89. The molecule has 0 aliphatic carbocycles. The Morgan fingerprint density at radius 2 is 2.00 bits per heavy atom. The summed E-state index contributed by atoms with van der Waals surface area (Å²) < 4.78 is 1.74. The molecule has 3 rings (SSSR count). The number of fused-ring (bicyclic) bond motifs is 2. The SMILES string of the molecule is CC(C)(C)CCC(NC(=O)c1ccc2c(=O)n3c(nc2c1)CCCCC3)C(=O)O. The molecule has 1 amide bonds. The Hall–Kier alpha value is -2.70. The second-order valence-corrected chi connectivity index (χ2v) is 8.99. The van der Waals surface area contributed by atoms with Crippen molar-refractivity contribution in [2.24, 2.45) is 5.41 Å².